The summed E-state index contributed by atoms with van der Waals surface area (Å²) in [6, 6.07) is 6.84. The molecule has 0 aromatic heterocycles. The van der Waals surface area contributed by atoms with Crippen LogP contribution in [0, 0.1) is 5.92 Å². The molecule has 92 valence electrons. The Morgan fingerprint density at radius 1 is 1.24 bits per heavy atom. The van der Waals surface area contributed by atoms with Crippen molar-refractivity contribution in [2.75, 3.05) is 6.61 Å². The van der Waals surface area contributed by atoms with Crippen molar-refractivity contribution in [3.63, 3.8) is 0 Å². The van der Waals surface area contributed by atoms with E-state index < -0.39 is 0 Å². The van der Waals surface area contributed by atoms with Crippen LogP contribution >= 0.6 is 11.6 Å². The van der Waals surface area contributed by atoms with Gasteiger partial charge in [-0.05, 0) is 49.3 Å². The summed E-state index contributed by atoms with van der Waals surface area (Å²) in [5.41, 5.74) is 1.24. The lowest BCUT2D eigenvalue weighted by molar-refractivity contribution is 0.300. The van der Waals surface area contributed by atoms with Crippen LogP contribution in [0.3, 0.4) is 0 Å². The fourth-order valence-electron chi connectivity index (χ4n) is 1.81. The molecule has 0 atom stereocenters. The number of halogens is 1. The van der Waals surface area contributed by atoms with Crippen molar-refractivity contribution in [1.29, 1.82) is 0 Å². The minimum atomic E-state index is 0.736. The molecule has 2 saturated carbocycles. The Morgan fingerprint density at radius 3 is 2.71 bits per heavy atom. The largest absolute Gasteiger partial charge is 0.492 e. The number of hydrogen-bond donors (Lipinski definition) is 1. The highest BCUT2D eigenvalue weighted by molar-refractivity contribution is 6.32. The molecule has 17 heavy (non-hydrogen) atoms. The second-order valence-corrected chi connectivity index (χ2v) is 5.58. The van der Waals surface area contributed by atoms with Crippen LogP contribution in [0.4, 0.5) is 0 Å². The van der Waals surface area contributed by atoms with Gasteiger partial charge in [0.15, 0.2) is 0 Å². The molecule has 2 aliphatic rings. The SMILES string of the molecule is Clc1cc(CNC2CC2)ccc1OCC1CC1. The Balaban J connectivity index is 1.56. The lowest BCUT2D eigenvalue weighted by Gasteiger charge is -2.09. The Morgan fingerprint density at radius 2 is 2.06 bits per heavy atom. The van der Waals surface area contributed by atoms with E-state index in [9.17, 15) is 0 Å². The summed E-state index contributed by atoms with van der Waals surface area (Å²) in [6.07, 6.45) is 5.24. The van der Waals surface area contributed by atoms with Gasteiger partial charge in [0.1, 0.15) is 5.75 Å². The van der Waals surface area contributed by atoms with E-state index in [1.54, 1.807) is 0 Å². The van der Waals surface area contributed by atoms with E-state index >= 15 is 0 Å². The fourth-order valence-corrected chi connectivity index (χ4v) is 2.07. The Labute approximate surface area is 107 Å². The number of nitrogens with one attached hydrogen (secondary N) is 1. The summed E-state index contributed by atoms with van der Waals surface area (Å²) in [5, 5.41) is 4.22. The number of hydrogen-bond acceptors (Lipinski definition) is 2. The molecule has 3 heteroatoms. The minimum Gasteiger partial charge on any atom is -0.492 e. The Hall–Kier alpha value is -0.730. The van der Waals surface area contributed by atoms with E-state index in [4.69, 9.17) is 16.3 Å². The van der Waals surface area contributed by atoms with E-state index in [1.165, 1.54) is 31.2 Å². The van der Waals surface area contributed by atoms with Crippen LogP contribution < -0.4 is 10.1 Å². The van der Waals surface area contributed by atoms with Crippen molar-refractivity contribution < 1.29 is 4.74 Å². The third kappa shape index (κ3) is 3.36. The molecule has 0 amide bonds. The lowest BCUT2D eigenvalue weighted by Crippen LogP contribution is -2.15. The molecule has 3 rings (SSSR count). The predicted octanol–water partition coefficient (Wildman–Crippen LogP) is 3.38. The van der Waals surface area contributed by atoms with Gasteiger partial charge in [-0.15, -0.1) is 0 Å². The standard InChI is InChI=1S/C14H18ClNO/c15-13-7-11(8-16-12-4-5-12)3-6-14(13)17-9-10-1-2-10/h3,6-7,10,12,16H,1-2,4-5,8-9H2. The molecule has 1 N–H and O–H groups in total. The second kappa shape index (κ2) is 4.87. The summed E-state index contributed by atoms with van der Waals surface area (Å²) < 4.78 is 5.70. The molecule has 1 aromatic rings. The maximum Gasteiger partial charge on any atom is 0.137 e. The highest BCUT2D eigenvalue weighted by atomic mass is 35.5. The van der Waals surface area contributed by atoms with Crippen LogP contribution in [-0.4, -0.2) is 12.6 Å². The van der Waals surface area contributed by atoms with Crippen molar-refractivity contribution in [1.82, 2.24) is 5.32 Å². The average Bonchev–Trinajstić information content (AvgIpc) is 3.18. The first-order chi connectivity index (χ1) is 8.31. The van der Waals surface area contributed by atoms with Crippen molar-refractivity contribution in [2.24, 2.45) is 5.92 Å². The van der Waals surface area contributed by atoms with E-state index in [0.717, 1.165) is 35.9 Å². The van der Waals surface area contributed by atoms with Crippen molar-refractivity contribution in [3.8, 4) is 5.75 Å². The molecule has 0 saturated heterocycles. The molecule has 0 unspecified atom stereocenters. The van der Waals surface area contributed by atoms with Crippen molar-refractivity contribution in [3.05, 3.63) is 28.8 Å². The highest BCUT2D eigenvalue weighted by Gasteiger charge is 2.22. The van der Waals surface area contributed by atoms with Crippen LogP contribution in [0.15, 0.2) is 18.2 Å². The summed E-state index contributed by atoms with van der Waals surface area (Å²) in [6.45, 7) is 1.73. The topological polar surface area (TPSA) is 21.3 Å². The third-order valence-corrected chi connectivity index (χ3v) is 3.64. The molecule has 1 aromatic carbocycles. The molecule has 0 radical (unpaired) electrons. The van der Waals surface area contributed by atoms with Gasteiger partial charge < -0.3 is 10.1 Å². The molecular weight excluding hydrogens is 234 g/mol. The van der Waals surface area contributed by atoms with E-state index in [2.05, 4.69) is 11.4 Å². The van der Waals surface area contributed by atoms with Crippen LogP contribution in [0.5, 0.6) is 5.75 Å². The van der Waals surface area contributed by atoms with Gasteiger partial charge in [-0.3, -0.25) is 0 Å². The van der Waals surface area contributed by atoms with Gasteiger partial charge in [-0.1, -0.05) is 17.7 Å². The zero-order valence-electron chi connectivity index (χ0n) is 9.92. The quantitative estimate of drug-likeness (QED) is 0.837. The number of rotatable bonds is 6. The molecule has 0 spiro atoms. The van der Waals surface area contributed by atoms with Gasteiger partial charge in [0.25, 0.3) is 0 Å². The smallest absolute Gasteiger partial charge is 0.137 e. The van der Waals surface area contributed by atoms with Crippen molar-refractivity contribution >= 4 is 11.6 Å². The first-order valence-electron chi connectivity index (χ1n) is 6.46. The molecule has 0 bridgehead atoms. The number of benzene rings is 1. The number of ether oxygens (including phenoxy) is 1. The summed E-state index contributed by atoms with van der Waals surface area (Å²) in [5.74, 6) is 1.59. The predicted molar refractivity (Wildman–Crippen MR) is 69.5 cm³/mol. The molecule has 2 aliphatic carbocycles. The fraction of sp³-hybridized carbons (Fsp3) is 0.571. The van der Waals surface area contributed by atoms with Gasteiger partial charge in [0.2, 0.25) is 0 Å². The van der Waals surface area contributed by atoms with Gasteiger partial charge >= 0.3 is 0 Å². The maximum absolute atomic E-state index is 6.21. The Bertz CT molecular complexity index is 399. The van der Waals surface area contributed by atoms with E-state index in [0.29, 0.717) is 0 Å². The summed E-state index contributed by atoms with van der Waals surface area (Å²) >= 11 is 6.21. The third-order valence-electron chi connectivity index (χ3n) is 3.34. The molecule has 0 heterocycles. The van der Waals surface area contributed by atoms with E-state index in [1.807, 2.05) is 12.1 Å². The van der Waals surface area contributed by atoms with E-state index in [-0.39, 0.29) is 0 Å². The zero-order chi connectivity index (χ0) is 11.7. The normalized spacial score (nSPS) is 19.4. The van der Waals surface area contributed by atoms with Crippen LogP contribution in [0.25, 0.3) is 0 Å². The van der Waals surface area contributed by atoms with Crippen LogP contribution in [0.1, 0.15) is 31.2 Å². The summed E-state index contributed by atoms with van der Waals surface area (Å²) in [7, 11) is 0. The van der Waals surface area contributed by atoms with Crippen LogP contribution in [-0.2, 0) is 6.54 Å². The maximum atomic E-state index is 6.21. The van der Waals surface area contributed by atoms with Gasteiger partial charge in [0, 0.05) is 12.6 Å². The zero-order valence-corrected chi connectivity index (χ0v) is 10.7. The first-order valence-corrected chi connectivity index (χ1v) is 6.83. The monoisotopic (exact) mass is 251 g/mol. The summed E-state index contributed by atoms with van der Waals surface area (Å²) in [4.78, 5) is 0. The van der Waals surface area contributed by atoms with Crippen LogP contribution in [0.2, 0.25) is 5.02 Å². The van der Waals surface area contributed by atoms with Gasteiger partial charge in [0.05, 0.1) is 11.6 Å². The minimum absolute atomic E-state index is 0.736. The highest BCUT2D eigenvalue weighted by Crippen LogP contribution is 2.32. The molecule has 0 aliphatic heterocycles. The molecule has 2 fully saturated rings. The Kier molecular flexibility index (Phi) is 3.26. The average molecular weight is 252 g/mol. The molecule has 2 nitrogen and oxygen atoms in total. The van der Waals surface area contributed by atoms with Gasteiger partial charge in [-0.25, -0.2) is 0 Å². The van der Waals surface area contributed by atoms with Crippen molar-refractivity contribution in [2.45, 2.75) is 38.3 Å². The molecular formula is C14H18ClNO. The second-order valence-electron chi connectivity index (χ2n) is 5.17. The lowest BCUT2D eigenvalue weighted by atomic mass is 10.2. The van der Waals surface area contributed by atoms with Gasteiger partial charge in [-0.2, -0.15) is 0 Å². The first kappa shape index (κ1) is 11.4.